The summed E-state index contributed by atoms with van der Waals surface area (Å²) < 4.78 is 31.7. The van der Waals surface area contributed by atoms with Crippen molar-refractivity contribution in [1.29, 1.82) is 0 Å². The van der Waals surface area contributed by atoms with E-state index in [9.17, 15) is 18.0 Å². The normalized spacial score (nSPS) is 12.9. The monoisotopic (exact) mass is 447 g/mol. The van der Waals surface area contributed by atoms with Crippen LogP contribution in [0.1, 0.15) is 21.6 Å². The van der Waals surface area contributed by atoms with Crippen LogP contribution in [0.2, 0.25) is 0 Å². The Balaban J connectivity index is 0.000000360. The van der Waals surface area contributed by atoms with E-state index in [4.69, 9.17) is 15.0 Å². The van der Waals surface area contributed by atoms with E-state index in [1.165, 1.54) is 0 Å². The number of hydrogen-bond donors (Lipinski definition) is 4. The molecule has 10 heteroatoms. The molecule has 1 aromatic carbocycles. The highest BCUT2D eigenvalue weighted by Crippen LogP contribution is 2.27. The van der Waals surface area contributed by atoms with Crippen molar-refractivity contribution in [2.24, 2.45) is 0 Å². The molecule has 3 heterocycles. The van der Waals surface area contributed by atoms with Crippen LogP contribution in [0, 0.1) is 0 Å². The third-order valence-corrected chi connectivity index (χ3v) is 4.74. The first-order valence-corrected chi connectivity index (χ1v) is 9.66. The van der Waals surface area contributed by atoms with Gasteiger partial charge in [0.05, 0.1) is 11.3 Å². The van der Waals surface area contributed by atoms with E-state index in [1.54, 1.807) is 6.20 Å². The quantitative estimate of drug-likeness (QED) is 0.490. The zero-order chi connectivity index (χ0) is 23.3. The number of nitrogens with one attached hydrogen (secondary N) is 2. The van der Waals surface area contributed by atoms with Gasteiger partial charge in [0.1, 0.15) is 0 Å². The van der Waals surface area contributed by atoms with E-state index in [0.717, 1.165) is 45.8 Å². The molecule has 0 bridgehead atoms. The number of halogens is 3. The third kappa shape index (κ3) is 5.52. The minimum Gasteiger partial charge on any atom is -0.475 e. The van der Waals surface area contributed by atoms with Gasteiger partial charge >= 0.3 is 12.1 Å². The topological polar surface area (TPSA) is 115 Å². The molecular weight excluding hydrogens is 427 g/mol. The molecule has 1 amide bonds. The number of carboxylic acids is 1. The minimum atomic E-state index is -5.08. The van der Waals surface area contributed by atoms with Crippen LogP contribution in [-0.2, 0) is 17.6 Å². The number of H-pyrrole nitrogens is 1. The number of aliphatic hydroxyl groups excluding tert-OH is 1. The standard InChI is InChI=1S/C20H19N3O2.C2HF3O2/c24-9-6-13-2-1-3-14(10-13)18-11-15(4-7-21-18)19-12-16-17(23-19)5-8-22-20(16)25;3-2(4,5)1(6)7/h1-4,7,10-12,23-24H,5-6,8-9H2,(H,22,25);(H,6,7). The van der Waals surface area contributed by atoms with Crippen molar-refractivity contribution in [2.45, 2.75) is 19.0 Å². The Kier molecular flexibility index (Phi) is 6.94. The van der Waals surface area contributed by atoms with E-state index in [-0.39, 0.29) is 12.5 Å². The third-order valence-electron chi connectivity index (χ3n) is 4.74. The number of alkyl halides is 3. The summed E-state index contributed by atoms with van der Waals surface area (Å²) in [4.78, 5) is 28.7. The van der Waals surface area contributed by atoms with E-state index >= 15 is 0 Å². The van der Waals surface area contributed by atoms with Gasteiger partial charge < -0.3 is 20.5 Å². The highest BCUT2D eigenvalue weighted by molar-refractivity contribution is 5.97. The number of benzene rings is 1. The fourth-order valence-electron chi connectivity index (χ4n) is 3.22. The molecule has 2 aromatic heterocycles. The number of pyridine rings is 1. The number of amides is 1. The van der Waals surface area contributed by atoms with Gasteiger partial charge in [-0.05, 0) is 36.2 Å². The van der Waals surface area contributed by atoms with Gasteiger partial charge in [0.15, 0.2) is 0 Å². The largest absolute Gasteiger partial charge is 0.490 e. The summed E-state index contributed by atoms with van der Waals surface area (Å²) in [6, 6.07) is 13.9. The number of aromatic nitrogens is 2. The Morgan fingerprint density at radius 1 is 1.12 bits per heavy atom. The number of carbonyl (C=O) groups is 2. The van der Waals surface area contributed by atoms with Crippen molar-refractivity contribution >= 4 is 11.9 Å². The van der Waals surface area contributed by atoms with Crippen molar-refractivity contribution in [3.63, 3.8) is 0 Å². The summed E-state index contributed by atoms with van der Waals surface area (Å²) in [5.74, 6) is -2.78. The number of fused-ring (bicyclic) bond motifs is 1. The number of aliphatic hydroxyl groups is 1. The van der Waals surface area contributed by atoms with Crippen LogP contribution >= 0.6 is 0 Å². The van der Waals surface area contributed by atoms with Gasteiger partial charge in [-0.25, -0.2) is 4.79 Å². The Hall–Kier alpha value is -3.66. The molecule has 0 atom stereocenters. The molecule has 4 rings (SSSR count). The first-order valence-electron chi connectivity index (χ1n) is 9.66. The zero-order valence-electron chi connectivity index (χ0n) is 16.7. The number of aromatic amines is 1. The van der Waals surface area contributed by atoms with Crippen molar-refractivity contribution in [3.8, 4) is 22.5 Å². The lowest BCUT2D eigenvalue weighted by Crippen LogP contribution is -2.31. The van der Waals surface area contributed by atoms with E-state index in [2.05, 4.69) is 21.4 Å². The molecular formula is C22H20F3N3O4. The minimum absolute atomic E-state index is 0.0188. The van der Waals surface area contributed by atoms with Gasteiger partial charge in [0.2, 0.25) is 0 Å². The lowest BCUT2D eigenvalue weighted by molar-refractivity contribution is -0.192. The van der Waals surface area contributed by atoms with Crippen molar-refractivity contribution in [1.82, 2.24) is 15.3 Å². The first-order chi connectivity index (χ1) is 15.2. The lowest BCUT2D eigenvalue weighted by atomic mass is 10.0. The van der Waals surface area contributed by atoms with E-state index < -0.39 is 12.1 Å². The van der Waals surface area contributed by atoms with Crippen LogP contribution in [0.25, 0.3) is 22.5 Å². The number of hydrogen-bond acceptors (Lipinski definition) is 4. The lowest BCUT2D eigenvalue weighted by Gasteiger charge is -2.11. The molecule has 1 aliphatic rings. The van der Waals surface area contributed by atoms with Crippen molar-refractivity contribution in [3.05, 3.63) is 65.5 Å². The maximum absolute atomic E-state index is 12.0. The van der Waals surface area contributed by atoms with Crippen LogP contribution in [0.5, 0.6) is 0 Å². The second-order valence-electron chi connectivity index (χ2n) is 6.99. The Morgan fingerprint density at radius 2 is 1.88 bits per heavy atom. The summed E-state index contributed by atoms with van der Waals surface area (Å²) in [5.41, 5.74) is 6.61. The Labute approximate surface area is 180 Å². The Bertz CT molecular complexity index is 1130. The molecule has 3 aromatic rings. The smallest absolute Gasteiger partial charge is 0.475 e. The predicted molar refractivity (Wildman–Crippen MR) is 110 cm³/mol. The number of carbonyl (C=O) groups excluding carboxylic acids is 1. The molecule has 0 radical (unpaired) electrons. The molecule has 0 saturated heterocycles. The number of aliphatic carboxylic acids is 1. The molecule has 7 nitrogen and oxygen atoms in total. The summed E-state index contributed by atoms with van der Waals surface area (Å²) in [6.45, 7) is 0.804. The van der Waals surface area contributed by atoms with Crippen LogP contribution < -0.4 is 5.32 Å². The van der Waals surface area contributed by atoms with Gasteiger partial charge in [0, 0.05) is 48.3 Å². The second-order valence-corrected chi connectivity index (χ2v) is 6.99. The van der Waals surface area contributed by atoms with Gasteiger partial charge in [-0.1, -0.05) is 18.2 Å². The first kappa shape index (κ1) is 23.0. The van der Waals surface area contributed by atoms with Gasteiger partial charge in [0.25, 0.3) is 5.91 Å². The molecule has 0 saturated carbocycles. The number of rotatable bonds is 4. The van der Waals surface area contributed by atoms with Crippen molar-refractivity contribution < 1.29 is 33.0 Å². The van der Waals surface area contributed by atoms with Crippen LogP contribution in [0.15, 0.2) is 48.7 Å². The maximum Gasteiger partial charge on any atom is 0.490 e. The SMILES string of the molecule is O=C(O)C(F)(F)F.O=C1NCCc2[nH]c(-c3ccnc(-c4cccc(CCO)c4)c3)cc21. The van der Waals surface area contributed by atoms with Gasteiger partial charge in [-0.2, -0.15) is 13.2 Å². The molecule has 32 heavy (non-hydrogen) atoms. The van der Waals surface area contributed by atoms with E-state index in [0.29, 0.717) is 13.0 Å². The number of nitrogens with zero attached hydrogens (tertiary/aromatic N) is 1. The van der Waals surface area contributed by atoms with Crippen LogP contribution in [0.3, 0.4) is 0 Å². The molecule has 0 unspecified atom stereocenters. The maximum atomic E-state index is 12.0. The Morgan fingerprint density at radius 3 is 2.53 bits per heavy atom. The highest BCUT2D eigenvalue weighted by Gasteiger charge is 2.38. The second kappa shape index (κ2) is 9.65. The molecule has 4 N–H and O–H groups in total. The van der Waals surface area contributed by atoms with E-state index in [1.807, 2.05) is 36.4 Å². The van der Waals surface area contributed by atoms with Crippen molar-refractivity contribution in [2.75, 3.05) is 13.2 Å². The molecule has 0 spiro atoms. The van der Waals surface area contributed by atoms with Gasteiger partial charge in [-0.3, -0.25) is 9.78 Å². The number of carboxylic acid groups (broad SMARTS) is 1. The summed E-state index contributed by atoms with van der Waals surface area (Å²) in [5, 5.41) is 19.1. The average molecular weight is 447 g/mol. The summed E-state index contributed by atoms with van der Waals surface area (Å²) in [7, 11) is 0. The predicted octanol–water partition coefficient (Wildman–Crippen LogP) is 3.20. The molecule has 168 valence electrons. The highest BCUT2D eigenvalue weighted by atomic mass is 19.4. The summed E-state index contributed by atoms with van der Waals surface area (Å²) >= 11 is 0. The molecule has 0 fully saturated rings. The fraction of sp³-hybridized carbons (Fsp3) is 0.227. The average Bonchev–Trinajstić information content (AvgIpc) is 3.20. The molecule has 1 aliphatic heterocycles. The molecule has 0 aliphatic carbocycles. The van der Waals surface area contributed by atoms with Crippen LogP contribution in [-0.4, -0.2) is 51.4 Å². The van der Waals surface area contributed by atoms with Gasteiger partial charge in [-0.15, -0.1) is 0 Å². The summed E-state index contributed by atoms with van der Waals surface area (Å²) in [6.07, 6.45) is -1.85. The van der Waals surface area contributed by atoms with Crippen LogP contribution in [0.4, 0.5) is 13.2 Å². The zero-order valence-corrected chi connectivity index (χ0v) is 16.7. The fourth-order valence-corrected chi connectivity index (χ4v) is 3.22.